The fourth-order valence-corrected chi connectivity index (χ4v) is 1.63. The van der Waals surface area contributed by atoms with Crippen LogP contribution in [-0.4, -0.2) is 40.1 Å². The van der Waals surface area contributed by atoms with Gasteiger partial charge in [0.05, 0.1) is 0 Å². The fraction of sp³-hybridized carbons (Fsp3) is 0.583. The molecule has 0 aliphatic heterocycles. The molecule has 1 aromatic rings. The average Bonchev–Trinajstić information content (AvgIpc) is 3.15. The predicted octanol–water partition coefficient (Wildman–Crippen LogP) is 1.53. The summed E-state index contributed by atoms with van der Waals surface area (Å²) >= 11 is 0. The summed E-state index contributed by atoms with van der Waals surface area (Å²) in [4.78, 5) is 13.7. The lowest BCUT2D eigenvalue weighted by Gasteiger charge is -2.17. The minimum atomic E-state index is -0.0551. The predicted molar refractivity (Wildman–Crippen MR) is 65.9 cm³/mol. The molecule has 1 aromatic heterocycles. The molecule has 1 aliphatic carbocycles. The molecule has 92 valence electrons. The topological polar surface area (TPSA) is 58.1 Å². The van der Waals surface area contributed by atoms with Gasteiger partial charge in [0.25, 0.3) is 5.91 Å². The summed E-state index contributed by atoms with van der Waals surface area (Å²) in [5, 5.41) is 11.2. The van der Waals surface area contributed by atoms with Crippen LogP contribution < -0.4 is 5.32 Å². The molecule has 1 aliphatic rings. The van der Waals surface area contributed by atoms with Crippen LogP contribution in [0.3, 0.4) is 0 Å². The third kappa shape index (κ3) is 2.93. The molecular formula is C12H18N4O. The highest BCUT2D eigenvalue weighted by molar-refractivity contribution is 5.92. The molecule has 1 saturated carbocycles. The van der Waals surface area contributed by atoms with E-state index in [0.29, 0.717) is 24.8 Å². The maximum Gasteiger partial charge on any atom is 0.274 e. The smallest absolute Gasteiger partial charge is 0.274 e. The van der Waals surface area contributed by atoms with Gasteiger partial charge in [-0.25, -0.2) is 0 Å². The Kier molecular flexibility index (Phi) is 3.56. The van der Waals surface area contributed by atoms with Crippen molar-refractivity contribution < 1.29 is 4.79 Å². The standard InChI is InChI=1S/C12H18N4O/c1-3-16(4-2)12(17)10-7-8-11(15-14-10)13-9-5-6-9/h7-9H,3-6H2,1-2H3,(H,13,15). The van der Waals surface area contributed by atoms with Gasteiger partial charge in [-0.05, 0) is 38.8 Å². The van der Waals surface area contributed by atoms with Crippen molar-refractivity contribution in [2.75, 3.05) is 18.4 Å². The Bertz CT molecular complexity index is 382. The highest BCUT2D eigenvalue weighted by Gasteiger charge is 2.21. The molecule has 0 aromatic carbocycles. The zero-order chi connectivity index (χ0) is 12.3. The van der Waals surface area contributed by atoms with Crippen molar-refractivity contribution in [3.63, 3.8) is 0 Å². The van der Waals surface area contributed by atoms with Crippen LogP contribution in [0.2, 0.25) is 0 Å². The molecule has 1 N–H and O–H groups in total. The minimum absolute atomic E-state index is 0.0551. The summed E-state index contributed by atoms with van der Waals surface area (Å²) in [6.45, 7) is 5.30. The van der Waals surface area contributed by atoms with Gasteiger partial charge in [0.2, 0.25) is 0 Å². The van der Waals surface area contributed by atoms with Gasteiger partial charge in [-0.15, -0.1) is 10.2 Å². The van der Waals surface area contributed by atoms with Crippen LogP contribution in [-0.2, 0) is 0 Å². The lowest BCUT2D eigenvalue weighted by Crippen LogP contribution is -2.31. The number of anilines is 1. The van der Waals surface area contributed by atoms with E-state index >= 15 is 0 Å². The second-order valence-electron chi connectivity index (χ2n) is 4.20. The summed E-state index contributed by atoms with van der Waals surface area (Å²) in [5.74, 6) is 0.698. The first kappa shape index (κ1) is 11.8. The van der Waals surface area contributed by atoms with Crippen molar-refractivity contribution in [1.29, 1.82) is 0 Å². The number of carbonyl (C=O) groups excluding carboxylic acids is 1. The van der Waals surface area contributed by atoms with E-state index in [4.69, 9.17) is 0 Å². The van der Waals surface area contributed by atoms with Crippen molar-refractivity contribution >= 4 is 11.7 Å². The van der Waals surface area contributed by atoms with Gasteiger partial charge in [-0.2, -0.15) is 0 Å². The van der Waals surface area contributed by atoms with Crippen LogP contribution in [0.25, 0.3) is 0 Å². The van der Waals surface area contributed by atoms with Gasteiger partial charge in [0.15, 0.2) is 5.69 Å². The molecule has 0 atom stereocenters. The molecule has 0 unspecified atom stereocenters. The van der Waals surface area contributed by atoms with Gasteiger partial charge in [-0.3, -0.25) is 4.79 Å². The number of hydrogen-bond donors (Lipinski definition) is 1. The van der Waals surface area contributed by atoms with Gasteiger partial charge >= 0.3 is 0 Å². The van der Waals surface area contributed by atoms with Crippen LogP contribution in [0.4, 0.5) is 5.82 Å². The van der Waals surface area contributed by atoms with E-state index in [2.05, 4.69) is 15.5 Å². The van der Waals surface area contributed by atoms with E-state index < -0.39 is 0 Å². The number of nitrogens with one attached hydrogen (secondary N) is 1. The van der Waals surface area contributed by atoms with Crippen molar-refractivity contribution in [1.82, 2.24) is 15.1 Å². The first-order chi connectivity index (χ1) is 8.24. The van der Waals surface area contributed by atoms with Crippen LogP contribution in [0.15, 0.2) is 12.1 Å². The maximum atomic E-state index is 12.0. The first-order valence-corrected chi connectivity index (χ1v) is 6.14. The molecule has 0 spiro atoms. The van der Waals surface area contributed by atoms with Crippen LogP contribution in [0, 0.1) is 0 Å². The Balaban J connectivity index is 2.02. The number of rotatable bonds is 5. The number of nitrogens with zero attached hydrogens (tertiary/aromatic N) is 3. The van der Waals surface area contributed by atoms with Gasteiger partial charge < -0.3 is 10.2 Å². The molecule has 0 saturated heterocycles. The Morgan fingerprint density at radius 2 is 2.06 bits per heavy atom. The zero-order valence-corrected chi connectivity index (χ0v) is 10.3. The molecule has 0 bridgehead atoms. The Hall–Kier alpha value is -1.65. The zero-order valence-electron chi connectivity index (χ0n) is 10.3. The second-order valence-corrected chi connectivity index (χ2v) is 4.20. The van der Waals surface area contributed by atoms with Crippen LogP contribution in [0.5, 0.6) is 0 Å². The number of aromatic nitrogens is 2. The number of amides is 1. The molecule has 1 amide bonds. The molecule has 5 heteroatoms. The minimum Gasteiger partial charge on any atom is -0.366 e. The van der Waals surface area contributed by atoms with E-state index in [-0.39, 0.29) is 5.91 Å². The van der Waals surface area contributed by atoms with E-state index in [0.717, 1.165) is 5.82 Å². The average molecular weight is 234 g/mol. The SMILES string of the molecule is CCN(CC)C(=O)c1ccc(NC2CC2)nn1. The summed E-state index contributed by atoms with van der Waals surface area (Å²) in [5.41, 5.74) is 0.412. The summed E-state index contributed by atoms with van der Waals surface area (Å²) in [7, 11) is 0. The lowest BCUT2D eigenvalue weighted by molar-refractivity contribution is 0.0766. The Morgan fingerprint density at radius 3 is 2.53 bits per heavy atom. The quantitative estimate of drug-likeness (QED) is 0.839. The third-order valence-electron chi connectivity index (χ3n) is 2.86. The molecule has 2 rings (SSSR count). The lowest BCUT2D eigenvalue weighted by atomic mass is 10.3. The van der Waals surface area contributed by atoms with Crippen molar-refractivity contribution in [3.05, 3.63) is 17.8 Å². The third-order valence-corrected chi connectivity index (χ3v) is 2.86. The molecule has 0 radical (unpaired) electrons. The Morgan fingerprint density at radius 1 is 1.35 bits per heavy atom. The maximum absolute atomic E-state index is 12.0. The molecule has 17 heavy (non-hydrogen) atoms. The monoisotopic (exact) mass is 234 g/mol. The highest BCUT2D eigenvalue weighted by Crippen LogP contribution is 2.23. The van der Waals surface area contributed by atoms with Crippen molar-refractivity contribution in [2.24, 2.45) is 0 Å². The molecule has 1 heterocycles. The fourth-order valence-electron chi connectivity index (χ4n) is 1.63. The Labute approximate surface area is 101 Å². The normalized spacial score (nSPS) is 14.5. The summed E-state index contributed by atoms with van der Waals surface area (Å²) in [6, 6.07) is 4.11. The molecule has 5 nitrogen and oxygen atoms in total. The van der Waals surface area contributed by atoms with E-state index in [1.165, 1.54) is 12.8 Å². The van der Waals surface area contributed by atoms with E-state index in [1.54, 1.807) is 11.0 Å². The summed E-state index contributed by atoms with van der Waals surface area (Å²) in [6.07, 6.45) is 2.39. The van der Waals surface area contributed by atoms with Gasteiger partial charge in [0.1, 0.15) is 5.82 Å². The largest absolute Gasteiger partial charge is 0.366 e. The van der Waals surface area contributed by atoms with E-state index in [9.17, 15) is 4.79 Å². The van der Waals surface area contributed by atoms with E-state index in [1.807, 2.05) is 19.9 Å². The highest BCUT2D eigenvalue weighted by atomic mass is 16.2. The van der Waals surface area contributed by atoms with Crippen molar-refractivity contribution in [2.45, 2.75) is 32.7 Å². The second kappa shape index (κ2) is 5.12. The van der Waals surface area contributed by atoms with Crippen LogP contribution >= 0.6 is 0 Å². The number of carbonyl (C=O) groups is 1. The molecule has 1 fully saturated rings. The summed E-state index contributed by atoms with van der Waals surface area (Å²) < 4.78 is 0. The van der Waals surface area contributed by atoms with Gasteiger partial charge in [-0.1, -0.05) is 0 Å². The molecular weight excluding hydrogens is 216 g/mol. The number of hydrogen-bond acceptors (Lipinski definition) is 4. The van der Waals surface area contributed by atoms with Gasteiger partial charge in [0, 0.05) is 19.1 Å². The van der Waals surface area contributed by atoms with Crippen LogP contribution in [0.1, 0.15) is 37.2 Å². The van der Waals surface area contributed by atoms with Crippen molar-refractivity contribution in [3.8, 4) is 0 Å². The first-order valence-electron chi connectivity index (χ1n) is 6.14.